The molecular formula is C13H17NO4S. The van der Waals surface area contributed by atoms with E-state index in [1.54, 1.807) is 6.07 Å². The van der Waals surface area contributed by atoms with E-state index >= 15 is 0 Å². The van der Waals surface area contributed by atoms with Gasteiger partial charge in [-0.15, -0.1) is 11.3 Å². The number of carboxylic acids is 1. The summed E-state index contributed by atoms with van der Waals surface area (Å²) in [5, 5.41) is 11.8. The zero-order valence-electron chi connectivity index (χ0n) is 10.7. The van der Waals surface area contributed by atoms with Crippen LogP contribution in [0.15, 0.2) is 12.1 Å². The average Bonchev–Trinajstić information content (AvgIpc) is 3.05. The van der Waals surface area contributed by atoms with Crippen LogP contribution in [0.25, 0.3) is 0 Å². The van der Waals surface area contributed by atoms with Crippen molar-refractivity contribution in [2.75, 3.05) is 6.61 Å². The van der Waals surface area contributed by atoms with Crippen molar-refractivity contribution >= 4 is 23.2 Å². The van der Waals surface area contributed by atoms with E-state index in [9.17, 15) is 9.59 Å². The molecule has 19 heavy (non-hydrogen) atoms. The van der Waals surface area contributed by atoms with Crippen molar-refractivity contribution in [2.45, 2.75) is 38.3 Å². The van der Waals surface area contributed by atoms with Gasteiger partial charge in [0.2, 0.25) is 0 Å². The first kappa shape index (κ1) is 14.0. The number of hydrogen-bond acceptors (Lipinski definition) is 4. The molecule has 2 heterocycles. The first-order valence-corrected chi connectivity index (χ1v) is 7.19. The minimum Gasteiger partial charge on any atom is -0.477 e. The van der Waals surface area contributed by atoms with E-state index < -0.39 is 5.97 Å². The van der Waals surface area contributed by atoms with Gasteiger partial charge in [0, 0.05) is 6.61 Å². The van der Waals surface area contributed by atoms with Crippen molar-refractivity contribution in [1.29, 1.82) is 0 Å². The molecule has 2 N–H and O–H groups in total. The highest BCUT2D eigenvalue weighted by Gasteiger charge is 2.26. The molecule has 0 bridgehead atoms. The highest BCUT2D eigenvalue weighted by Crippen LogP contribution is 2.20. The Bertz CT molecular complexity index is 465. The molecule has 1 saturated heterocycles. The van der Waals surface area contributed by atoms with Gasteiger partial charge < -0.3 is 15.2 Å². The number of aromatic carboxylic acids is 1. The molecule has 1 aliphatic rings. The summed E-state index contributed by atoms with van der Waals surface area (Å²) in [6, 6.07) is 2.99. The third-order valence-electron chi connectivity index (χ3n) is 3.21. The van der Waals surface area contributed by atoms with E-state index in [0.717, 1.165) is 37.2 Å². The number of nitrogens with one attached hydrogen (secondary N) is 1. The maximum absolute atomic E-state index is 12.1. The van der Waals surface area contributed by atoms with Gasteiger partial charge in [0.25, 0.3) is 5.91 Å². The van der Waals surface area contributed by atoms with Gasteiger partial charge in [0.15, 0.2) is 0 Å². The molecule has 2 rings (SSSR count). The highest BCUT2D eigenvalue weighted by atomic mass is 32.1. The SMILES string of the molecule is CCC(NC(=O)c1ccc(C(=O)O)s1)C1CCCO1. The molecule has 2 unspecified atom stereocenters. The second kappa shape index (κ2) is 6.16. The van der Waals surface area contributed by atoms with Crippen molar-refractivity contribution in [3.8, 4) is 0 Å². The molecule has 1 aromatic rings. The predicted octanol–water partition coefficient (Wildman–Crippen LogP) is 2.13. The quantitative estimate of drug-likeness (QED) is 0.868. The second-order valence-electron chi connectivity index (χ2n) is 4.51. The summed E-state index contributed by atoms with van der Waals surface area (Å²) < 4.78 is 5.58. The van der Waals surface area contributed by atoms with Crippen LogP contribution in [0.5, 0.6) is 0 Å². The normalized spacial score (nSPS) is 20.2. The van der Waals surface area contributed by atoms with Crippen LogP contribution in [0.4, 0.5) is 0 Å². The summed E-state index contributed by atoms with van der Waals surface area (Å²) in [6.07, 6.45) is 2.86. The molecule has 1 aliphatic heterocycles. The third-order valence-corrected chi connectivity index (χ3v) is 4.28. The summed E-state index contributed by atoms with van der Waals surface area (Å²) in [7, 11) is 0. The number of ether oxygens (including phenoxy) is 1. The van der Waals surface area contributed by atoms with Gasteiger partial charge in [-0.05, 0) is 31.4 Å². The number of carbonyl (C=O) groups excluding carboxylic acids is 1. The molecule has 1 aromatic heterocycles. The van der Waals surface area contributed by atoms with Gasteiger partial charge in [-0.2, -0.15) is 0 Å². The summed E-state index contributed by atoms with van der Waals surface area (Å²) in [4.78, 5) is 23.4. The Morgan fingerprint density at radius 3 is 2.79 bits per heavy atom. The number of rotatable bonds is 5. The Labute approximate surface area is 115 Å². The maximum atomic E-state index is 12.1. The monoisotopic (exact) mass is 283 g/mol. The Morgan fingerprint density at radius 2 is 2.26 bits per heavy atom. The predicted molar refractivity (Wildman–Crippen MR) is 71.8 cm³/mol. The average molecular weight is 283 g/mol. The van der Waals surface area contributed by atoms with Crippen molar-refractivity contribution in [2.24, 2.45) is 0 Å². The lowest BCUT2D eigenvalue weighted by molar-refractivity contribution is 0.0667. The van der Waals surface area contributed by atoms with E-state index in [2.05, 4.69) is 5.32 Å². The Kier molecular flexibility index (Phi) is 4.55. The van der Waals surface area contributed by atoms with Crippen LogP contribution in [-0.4, -0.2) is 35.7 Å². The van der Waals surface area contributed by atoms with Gasteiger partial charge in [-0.1, -0.05) is 6.92 Å². The lowest BCUT2D eigenvalue weighted by atomic mass is 10.1. The Balaban J connectivity index is 2.00. The molecule has 0 aromatic carbocycles. The molecule has 6 heteroatoms. The van der Waals surface area contributed by atoms with E-state index in [0.29, 0.717) is 4.88 Å². The zero-order valence-corrected chi connectivity index (χ0v) is 11.5. The van der Waals surface area contributed by atoms with Gasteiger partial charge in [0.05, 0.1) is 17.0 Å². The van der Waals surface area contributed by atoms with Gasteiger partial charge in [-0.3, -0.25) is 4.79 Å². The fraction of sp³-hybridized carbons (Fsp3) is 0.538. The van der Waals surface area contributed by atoms with Crippen molar-refractivity contribution in [1.82, 2.24) is 5.32 Å². The van der Waals surface area contributed by atoms with Crippen LogP contribution in [0.3, 0.4) is 0 Å². The maximum Gasteiger partial charge on any atom is 0.345 e. The first-order chi connectivity index (χ1) is 9.11. The summed E-state index contributed by atoms with van der Waals surface area (Å²) >= 11 is 0.992. The molecule has 2 atom stereocenters. The highest BCUT2D eigenvalue weighted by molar-refractivity contribution is 7.15. The van der Waals surface area contributed by atoms with Crippen LogP contribution >= 0.6 is 11.3 Å². The standard InChI is InChI=1S/C13H17NO4S/c1-2-8(9-4-3-7-18-9)14-12(15)10-5-6-11(19-10)13(16)17/h5-6,8-9H,2-4,7H2,1H3,(H,14,15)(H,16,17). The number of amides is 1. The van der Waals surface area contributed by atoms with Crippen LogP contribution in [0.2, 0.25) is 0 Å². The van der Waals surface area contributed by atoms with E-state index in [1.165, 1.54) is 6.07 Å². The number of hydrogen-bond donors (Lipinski definition) is 2. The Morgan fingerprint density at radius 1 is 1.53 bits per heavy atom. The molecule has 0 radical (unpaired) electrons. The van der Waals surface area contributed by atoms with Gasteiger partial charge >= 0.3 is 5.97 Å². The molecule has 0 saturated carbocycles. The minimum absolute atomic E-state index is 0.00891. The largest absolute Gasteiger partial charge is 0.477 e. The van der Waals surface area contributed by atoms with Crippen LogP contribution in [0.1, 0.15) is 45.5 Å². The van der Waals surface area contributed by atoms with E-state index in [4.69, 9.17) is 9.84 Å². The van der Waals surface area contributed by atoms with E-state index in [1.807, 2.05) is 6.92 Å². The Hall–Kier alpha value is -1.40. The number of thiophene rings is 1. The van der Waals surface area contributed by atoms with Crippen molar-refractivity contribution < 1.29 is 19.4 Å². The summed E-state index contributed by atoms with van der Waals surface area (Å²) in [6.45, 7) is 2.75. The molecule has 104 valence electrons. The van der Waals surface area contributed by atoms with Crippen molar-refractivity contribution in [3.63, 3.8) is 0 Å². The molecule has 0 spiro atoms. The lowest BCUT2D eigenvalue weighted by Gasteiger charge is -2.22. The fourth-order valence-corrected chi connectivity index (χ4v) is 2.94. The first-order valence-electron chi connectivity index (χ1n) is 6.37. The van der Waals surface area contributed by atoms with Crippen LogP contribution < -0.4 is 5.32 Å². The van der Waals surface area contributed by atoms with Crippen LogP contribution in [0, 0.1) is 0 Å². The number of carbonyl (C=O) groups is 2. The van der Waals surface area contributed by atoms with Crippen molar-refractivity contribution in [3.05, 3.63) is 21.9 Å². The summed E-state index contributed by atoms with van der Waals surface area (Å²) in [5.41, 5.74) is 0. The topological polar surface area (TPSA) is 75.6 Å². The molecule has 1 amide bonds. The number of carboxylic acid groups (broad SMARTS) is 1. The zero-order chi connectivity index (χ0) is 13.8. The third kappa shape index (κ3) is 3.33. The fourth-order valence-electron chi connectivity index (χ4n) is 2.19. The smallest absolute Gasteiger partial charge is 0.345 e. The lowest BCUT2D eigenvalue weighted by Crippen LogP contribution is -2.42. The molecule has 5 nitrogen and oxygen atoms in total. The van der Waals surface area contributed by atoms with Gasteiger partial charge in [-0.25, -0.2) is 4.79 Å². The molecule has 0 aliphatic carbocycles. The van der Waals surface area contributed by atoms with Gasteiger partial charge in [0.1, 0.15) is 4.88 Å². The second-order valence-corrected chi connectivity index (χ2v) is 5.59. The molecular weight excluding hydrogens is 266 g/mol. The van der Waals surface area contributed by atoms with E-state index in [-0.39, 0.29) is 22.9 Å². The molecule has 1 fully saturated rings. The minimum atomic E-state index is -1.00. The van der Waals surface area contributed by atoms with Crippen LogP contribution in [-0.2, 0) is 4.74 Å². The summed E-state index contributed by atoms with van der Waals surface area (Å²) in [5.74, 6) is -1.23.